The molecule has 9 heteroatoms. The van der Waals surface area contributed by atoms with E-state index in [1.54, 1.807) is 29.2 Å². The van der Waals surface area contributed by atoms with Gasteiger partial charge in [0.15, 0.2) is 11.5 Å². The van der Waals surface area contributed by atoms with Crippen molar-refractivity contribution in [1.29, 1.82) is 0 Å². The number of hydrogen-bond donors (Lipinski definition) is 1. The second-order valence-electron chi connectivity index (χ2n) is 8.06. The van der Waals surface area contributed by atoms with Gasteiger partial charge in [-0.2, -0.15) is 5.10 Å². The molecule has 1 N–H and O–H groups in total. The maximum absolute atomic E-state index is 13.6. The number of fused-ring (bicyclic) bond motifs is 2. The van der Waals surface area contributed by atoms with E-state index < -0.39 is 6.04 Å². The van der Waals surface area contributed by atoms with Gasteiger partial charge in [-0.25, -0.2) is 0 Å². The van der Waals surface area contributed by atoms with Crippen molar-refractivity contribution >= 4 is 40.7 Å². The van der Waals surface area contributed by atoms with Crippen LogP contribution in [0, 0.1) is 0 Å². The molecule has 6 rings (SSSR count). The van der Waals surface area contributed by atoms with Crippen LogP contribution in [0.1, 0.15) is 33.2 Å². The average Bonchev–Trinajstić information content (AvgIpc) is 3.52. The Balaban J connectivity index is 1.48. The van der Waals surface area contributed by atoms with E-state index in [9.17, 15) is 4.79 Å². The number of aromatic nitrogens is 2. The molecule has 6 nitrogen and oxygen atoms in total. The lowest BCUT2D eigenvalue weighted by Crippen LogP contribution is -2.29. The van der Waals surface area contributed by atoms with Crippen LogP contribution in [0.2, 0.25) is 15.1 Å². The first-order valence-electron chi connectivity index (χ1n) is 10.5. The Morgan fingerprint density at radius 3 is 2.50 bits per heavy atom. The molecule has 1 aromatic heterocycles. The molecule has 0 radical (unpaired) electrons. The number of nitrogens with one attached hydrogen (secondary N) is 1. The number of hydrogen-bond acceptors (Lipinski definition) is 4. The zero-order valence-electron chi connectivity index (χ0n) is 17.5. The fourth-order valence-electron chi connectivity index (χ4n) is 4.47. The zero-order chi connectivity index (χ0) is 23.4. The molecule has 0 saturated heterocycles. The summed E-state index contributed by atoms with van der Waals surface area (Å²) in [6, 6.07) is 17.8. The molecule has 170 valence electrons. The van der Waals surface area contributed by atoms with Crippen molar-refractivity contribution in [1.82, 2.24) is 15.1 Å². The van der Waals surface area contributed by atoms with E-state index in [0.29, 0.717) is 44.5 Å². The molecular formula is C25H16Cl3N3O3. The van der Waals surface area contributed by atoms with E-state index >= 15 is 0 Å². The Morgan fingerprint density at radius 2 is 1.71 bits per heavy atom. The van der Waals surface area contributed by atoms with Crippen molar-refractivity contribution < 1.29 is 14.3 Å². The third-order valence-corrected chi connectivity index (χ3v) is 6.84. The lowest BCUT2D eigenvalue weighted by atomic mass is 9.96. The predicted molar refractivity (Wildman–Crippen MR) is 130 cm³/mol. The van der Waals surface area contributed by atoms with E-state index in [-0.39, 0.29) is 12.7 Å². The minimum Gasteiger partial charge on any atom is -0.454 e. The number of halogens is 3. The molecule has 3 aromatic carbocycles. The van der Waals surface area contributed by atoms with Crippen LogP contribution in [0.25, 0.3) is 11.3 Å². The van der Waals surface area contributed by atoms with Crippen LogP contribution >= 0.6 is 34.8 Å². The number of ether oxygens (including phenoxy) is 2. The first-order valence-corrected chi connectivity index (χ1v) is 11.6. The molecule has 0 fully saturated rings. The summed E-state index contributed by atoms with van der Waals surface area (Å²) in [5.74, 6) is 1.18. The first kappa shape index (κ1) is 21.4. The fraction of sp³-hybridized carbons (Fsp3) is 0.120. The van der Waals surface area contributed by atoms with E-state index in [4.69, 9.17) is 44.3 Å². The molecule has 4 aromatic rings. The lowest BCUT2D eigenvalue weighted by molar-refractivity contribution is 0.0730. The molecule has 3 heterocycles. The quantitative estimate of drug-likeness (QED) is 0.338. The van der Waals surface area contributed by atoms with Gasteiger partial charge in [0.05, 0.1) is 11.7 Å². The summed E-state index contributed by atoms with van der Waals surface area (Å²) < 4.78 is 10.9. The number of H-pyrrole nitrogens is 1. The molecule has 34 heavy (non-hydrogen) atoms. The highest BCUT2D eigenvalue weighted by Crippen LogP contribution is 2.46. The second-order valence-corrected chi connectivity index (χ2v) is 9.34. The largest absolute Gasteiger partial charge is 0.454 e. The smallest absolute Gasteiger partial charge is 0.273 e. The van der Waals surface area contributed by atoms with Gasteiger partial charge in [0, 0.05) is 32.7 Å². The number of benzene rings is 3. The van der Waals surface area contributed by atoms with Crippen molar-refractivity contribution in [2.75, 3.05) is 6.79 Å². The minimum atomic E-state index is -0.470. The summed E-state index contributed by atoms with van der Waals surface area (Å²) in [6.45, 7) is 0.521. The van der Waals surface area contributed by atoms with Crippen LogP contribution in [0.15, 0.2) is 60.7 Å². The molecular weight excluding hydrogens is 497 g/mol. The van der Waals surface area contributed by atoms with Crippen LogP contribution in [0.4, 0.5) is 0 Å². The normalized spacial score (nSPS) is 16.3. The highest BCUT2D eigenvalue weighted by Gasteiger charge is 2.43. The van der Waals surface area contributed by atoms with Crippen LogP contribution < -0.4 is 9.47 Å². The van der Waals surface area contributed by atoms with Gasteiger partial charge in [0.25, 0.3) is 5.91 Å². The zero-order valence-corrected chi connectivity index (χ0v) is 19.8. The lowest BCUT2D eigenvalue weighted by Gasteiger charge is -2.27. The highest BCUT2D eigenvalue weighted by atomic mass is 35.5. The molecule has 2 aliphatic rings. The molecule has 0 bridgehead atoms. The van der Waals surface area contributed by atoms with Gasteiger partial charge < -0.3 is 14.4 Å². The monoisotopic (exact) mass is 511 g/mol. The Labute approximate surface area is 210 Å². The summed E-state index contributed by atoms with van der Waals surface area (Å²) in [6.07, 6.45) is 0. The van der Waals surface area contributed by atoms with Gasteiger partial charge in [-0.3, -0.25) is 9.89 Å². The van der Waals surface area contributed by atoms with Gasteiger partial charge in [-0.1, -0.05) is 59.1 Å². The summed E-state index contributed by atoms with van der Waals surface area (Å²) in [4.78, 5) is 15.4. The summed E-state index contributed by atoms with van der Waals surface area (Å²) >= 11 is 18.9. The summed E-state index contributed by atoms with van der Waals surface area (Å²) in [5.41, 5.74) is 4.37. The van der Waals surface area contributed by atoms with Crippen molar-refractivity contribution in [3.63, 3.8) is 0 Å². The maximum atomic E-state index is 13.6. The van der Waals surface area contributed by atoms with Crippen molar-refractivity contribution in [3.8, 4) is 22.8 Å². The van der Waals surface area contributed by atoms with Crippen molar-refractivity contribution in [2.24, 2.45) is 0 Å². The topological polar surface area (TPSA) is 67.5 Å². The second kappa shape index (κ2) is 8.24. The Hall–Kier alpha value is -3.19. The Kier molecular flexibility index (Phi) is 5.17. The SMILES string of the molecule is O=C1c2[nH]nc(-c3ccc(Cl)cc3)c2C(c2ccc(Cl)cc2Cl)N1Cc1ccc2c(c1)OCO2. The maximum Gasteiger partial charge on any atom is 0.273 e. The first-order chi connectivity index (χ1) is 16.5. The fourth-order valence-corrected chi connectivity index (χ4v) is 5.11. The molecule has 0 saturated carbocycles. The van der Waals surface area contributed by atoms with Crippen LogP contribution in [0.5, 0.6) is 11.5 Å². The standard InChI is InChI=1S/C25H16Cl3N3O3/c26-15-4-2-14(3-5-15)22-21-23(30-29-22)25(32)31(24(21)17-7-6-16(27)10-18(17)28)11-13-1-8-19-20(9-13)34-12-33-19/h1-10,24H,11-12H2,(H,29,30). The summed E-state index contributed by atoms with van der Waals surface area (Å²) in [5, 5.41) is 9.04. The van der Waals surface area contributed by atoms with Crippen molar-refractivity contribution in [2.45, 2.75) is 12.6 Å². The van der Waals surface area contributed by atoms with Crippen LogP contribution in [-0.2, 0) is 6.54 Å². The number of carbonyl (C=O) groups is 1. The molecule has 2 aliphatic heterocycles. The van der Waals surface area contributed by atoms with Gasteiger partial charge in [-0.05, 0) is 47.5 Å². The van der Waals surface area contributed by atoms with E-state index in [1.807, 2.05) is 36.4 Å². The highest BCUT2D eigenvalue weighted by molar-refractivity contribution is 6.35. The van der Waals surface area contributed by atoms with Gasteiger partial charge >= 0.3 is 0 Å². The molecule has 0 spiro atoms. The molecule has 1 atom stereocenters. The minimum absolute atomic E-state index is 0.170. The van der Waals surface area contributed by atoms with Crippen molar-refractivity contribution in [3.05, 3.63) is 98.1 Å². The van der Waals surface area contributed by atoms with E-state index in [1.165, 1.54) is 0 Å². The Bertz CT molecular complexity index is 1440. The third-order valence-electron chi connectivity index (χ3n) is 6.03. The van der Waals surface area contributed by atoms with Gasteiger partial charge in [-0.15, -0.1) is 0 Å². The number of rotatable bonds is 4. The van der Waals surface area contributed by atoms with Crippen LogP contribution in [-0.4, -0.2) is 27.8 Å². The molecule has 1 amide bonds. The molecule has 1 unspecified atom stereocenters. The average molecular weight is 513 g/mol. The van der Waals surface area contributed by atoms with Gasteiger partial charge in [0.2, 0.25) is 6.79 Å². The van der Waals surface area contributed by atoms with E-state index in [2.05, 4.69) is 10.2 Å². The third kappa shape index (κ3) is 3.50. The molecule has 0 aliphatic carbocycles. The summed E-state index contributed by atoms with van der Waals surface area (Å²) in [7, 11) is 0. The predicted octanol–water partition coefficient (Wildman–Crippen LogP) is 6.51. The van der Waals surface area contributed by atoms with E-state index in [0.717, 1.165) is 22.3 Å². The van der Waals surface area contributed by atoms with Gasteiger partial charge in [0.1, 0.15) is 5.69 Å². The number of nitrogens with zero attached hydrogens (tertiary/aromatic N) is 2. The Morgan fingerprint density at radius 1 is 0.941 bits per heavy atom. The number of carbonyl (C=O) groups excluding carboxylic acids is 1. The number of aromatic amines is 1. The number of amides is 1. The van der Waals surface area contributed by atoms with Crippen LogP contribution in [0.3, 0.4) is 0 Å².